The van der Waals surface area contributed by atoms with Crippen molar-refractivity contribution in [1.29, 1.82) is 0 Å². The van der Waals surface area contributed by atoms with Crippen LogP contribution in [0.15, 0.2) is 29.8 Å². The zero-order chi connectivity index (χ0) is 17.4. The van der Waals surface area contributed by atoms with Crippen molar-refractivity contribution in [2.24, 2.45) is 0 Å². The highest BCUT2D eigenvalue weighted by Gasteiger charge is 2.40. The van der Waals surface area contributed by atoms with Crippen LogP contribution in [-0.4, -0.2) is 57.6 Å². The van der Waals surface area contributed by atoms with E-state index in [1.807, 2.05) is 6.92 Å². The van der Waals surface area contributed by atoms with Gasteiger partial charge in [0.2, 0.25) is 0 Å². The number of rotatable bonds is 3. The van der Waals surface area contributed by atoms with Crippen LogP contribution in [0.5, 0.6) is 0 Å². The second-order valence-corrected chi connectivity index (χ2v) is 8.05. The number of fused-ring (bicyclic) bond motifs is 1. The van der Waals surface area contributed by atoms with Gasteiger partial charge >= 0.3 is 0 Å². The minimum absolute atomic E-state index is 0.0000789. The number of amides is 1. The Bertz CT molecular complexity index is 790. The molecule has 2 aromatic rings. The molecule has 2 aliphatic heterocycles. The standard InChI is InChI=1S/C19H23N3O2S/c1-14-17(25-13-20-14)18(23)22-9-7-19(24,12-22)11-21-8-6-15-4-2-3-5-16(15)10-21/h2-5,13,24H,6-12H2,1H3. The van der Waals surface area contributed by atoms with Gasteiger partial charge in [0.15, 0.2) is 0 Å². The number of β-amino-alcohol motifs (C(OH)–C–C–N with tert-alkyl or cyclic N) is 1. The van der Waals surface area contributed by atoms with Crippen LogP contribution >= 0.6 is 11.3 Å². The monoisotopic (exact) mass is 357 g/mol. The molecule has 3 heterocycles. The number of thiazole rings is 1. The number of benzene rings is 1. The third-order valence-electron chi connectivity index (χ3n) is 5.29. The van der Waals surface area contributed by atoms with Gasteiger partial charge in [-0.15, -0.1) is 11.3 Å². The largest absolute Gasteiger partial charge is 0.387 e. The molecule has 6 heteroatoms. The zero-order valence-corrected chi connectivity index (χ0v) is 15.3. The predicted octanol–water partition coefficient (Wildman–Crippen LogP) is 2.09. The van der Waals surface area contributed by atoms with Crippen molar-refractivity contribution in [2.75, 3.05) is 26.2 Å². The van der Waals surface area contributed by atoms with E-state index in [4.69, 9.17) is 0 Å². The molecule has 0 bridgehead atoms. The van der Waals surface area contributed by atoms with Gasteiger partial charge in [0, 0.05) is 26.2 Å². The Morgan fingerprint density at radius 2 is 2.12 bits per heavy atom. The molecule has 1 unspecified atom stereocenters. The van der Waals surface area contributed by atoms with E-state index in [0.717, 1.165) is 25.2 Å². The second kappa shape index (κ2) is 6.52. The number of aromatic nitrogens is 1. The molecule has 0 saturated carbocycles. The number of likely N-dealkylation sites (tertiary alicyclic amines) is 1. The summed E-state index contributed by atoms with van der Waals surface area (Å²) in [5.74, 6) is -0.0000789. The summed E-state index contributed by atoms with van der Waals surface area (Å²) in [6, 6.07) is 8.52. The zero-order valence-electron chi connectivity index (χ0n) is 14.4. The third-order valence-corrected chi connectivity index (χ3v) is 6.20. The van der Waals surface area contributed by atoms with E-state index in [0.29, 0.717) is 30.9 Å². The number of hydrogen-bond donors (Lipinski definition) is 1. The van der Waals surface area contributed by atoms with E-state index in [9.17, 15) is 9.90 Å². The molecular formula is C19H23N3O2S. The first-order valence-corrected chi connectivity index (χ1v) is 9.63. The Morgan fingerprint density at radius 3 is 2.88 bits per heavy atom. The highest BCUT2D eigenvalue weighted by Crippen LogP contribution is 2.28. The van der Waals surface area contributed by atoms with Crippen molar-refractivity contribution >= 4 is 17.2 Å². The van der Waals surface area contributed by atoms with Gasteiger partial charge in [-0.1, -0.05) is 24.3 Å². The number of aliphatic hydroxyl groups is 1. The van der Waals surface area contributed by atoms with Gasteiger partial charge in [0.25, 0.3) is 5.91 Å². The summed E-state index contributed by atoms with van der Waals surface area (Å²) in [5, 5.41) is 11.0. The summed E-state index contributed by atoms with van der Waals surface area (Å²) >= 11 is 1.38. The Balaban J connectivity index is 1.41. The molecule has 1 amide bonds. The lowest BCUT2D eigenvalue weighted by molar-refractivity contribution is 0.00809. The van der Waals surface area contributed by atoms with Gasteiger partial charge in [0.1, 0.15) is 4.88 Å². The molecule has 4 rings (SSSR count). The summed E-state index contributed by atoms with van der Waals surface area (Å²) in [5.41, 5.74) is 4.42. The number of hydrogen-bond acceptors (Lipinski definition) is 5. The van der Waals surface area contributed by atoms with Crippen LogP contribution in [0.4, 0.5) is 0 Å². The normalized spacial score (nSPS) is 23.7. The molecule has 1 N–H and O–H groups in total. The molecule has 1 saturated heterocycles. The van der Waals surface area contributed by atoms with Gasteiger partial charge in [0.05, 0.1) is 23.4 Å². The van der Waals surface area contributed by atoms with Crippen molar-refractivity contribution in [1.82, 2.24) is 14.8 Å². The van der Waals surface area contributed by atoms with Crippen LogP contribution in [0.25, 0.3) is 0 Å². The molecule has 1 atom stereocenters. The Kier molecular flexibility index (Phi) is 4.35. The number of carbonyl (C=O) groups excluding carboxylic acids is 1. The Morgan fingerprint density at radius 1 is 1.32 bits per heavy atom. The fraction of sp³-hybridized carbons (Fsp3) is 0.474. The first kappa shape index (κ1) is 16.7. The minimum atomic E-state index is -0.819. The van der Waals surface area contributed by atoms with Gasteiger partial charge in [-0.05, 0) is 30.9 Å². The minimum Gasteiger partial charge on any atom is -0.387 e. The molecule has 0 radical (unpaired) electrons. The maximum Gasteiger partial charge on any atom is 0.265 e. The smallest absolute Gasteiger partial charge is 0.265 e. The summed E-state index contributed by atoms with van der Waals surface area (Å²) in [4.78, 5) is 21.6. The van der Waals surface area contributed by atoms with Crippen molar-refractivity contribution in [3.63, 3.8) is 0 Å². The molecule has 132 valence electrons. The molecule has 1 aromatic carbocycles. The molecule has 1 aromatic heterocycles. The summed E-state index contributed by atoms with van der Waals surface area (Å²) in [6.07, 6.45) is 1.66. The van der Waals surface area contributed by atoms with Crippen LogP contribution in [-0.2, 0) is 13.0 Å². The first-order chi connectivity index (χ1) is 12.0. The van der Waals surface area contributed by atoms with Gasteiger partial charge in [-0.2, -0.15) is 0 Å². The average molecular weight is 357 g/mol. The number of aryl methyl sites for hydroxylation is 1. The lowest BCUT2D eigenvalue weighted by atomic mass is 9.97. The van der Waals surface area contributed by atoms with Crippen LogP contribution in [0.2, 0.25) is 0 Å². The van der Waals surface area contributed by atoms with Crippen molar-refractivity contribution < 1.29 is 9.90 Å². The molecule has 5 nitrogen and oxygen atoms in total. The SMILES string of the molecule is Cc1ncsc1C(=O)N1CCC(O)(CN2CCc3ccccc3C2)C1. The van der Waals surface area contributed by atoms with Crippen LogP contribution in [0, 0.1) is 6.92 Å². The van der Waals surface area contributed by atoms with E-state index in [-0.39, 0.29) is 5.91 Å². The third kappa shape index (κ3) is 3.34. The molecular weight excluding hydrogens is 334 g/mol. The lowest BCUT2D eigenvalue weighted by Crippen LogP contribution is -2.47. The highest BCUT2D eigenvalue weighted by molar-refractivity contribution is 7.11. The van der Waals surface area contributed by atoms with Gasteiger partial charge in [-0.3, -0.25) is 9.69 Å². The van der Waals surface area contributed by atoms with E-state index >= 15 is 0 Å². The van der Waals surface area contributed by atoms with Gasteiger partial charge in [-0.25, -0.2) is 4.98 Å². The molecule has 0 spiro atoms. The van der Waals surface area contributed by atoms with Crippen molar-refractivity contribution in [3.05, 3.63) is 51.5 Å². The maximum absolute atomic E-state index is 12.6. The molecule has 2 aliphatic rings. The van der Waals surface area contributed by atoms with E-state index in [2.05, 4.69) is 34.1 Å². The van der Waals surface area contributed by atoms with E-state index in [1.54, 1.807) is 10.4 Å². The summed E-state index contributed by atoms with van der Waals surface area (Å²) < 4.78 is 0. The van der Waals surface area contributed by atoms with E-state index in [1.165, 1.54) is 22.5 Å². The topological polar surface area (TPSA) is 56.7 Å². The van der Waals surface area contributed by atoms with Crippen molar-refractivity contribution in [2.45, 2.75) is 31.9 Å². The first-order valence-electron chi connectivity index (χ1n) is 8.75. The van der Waals surface area contributed by atoms with Crippen LogP contribution in [0.1, 0.15) is 32.9 Å². The van der Waals surface area contributed by atoms with E-state index < -0.39 is 5.60 Å². The number of nitrogens with zero attached hydrogens (tertiary/aromatic N) is 3. The van der Waals surface area contributed by atoms with Crippen LogP contribution < -0.4 is 0 Å². The van der Waals surface area contributed by atoms with Crippen molar-refractivity contribution in [3.8, 4) is 0 Å². The molecule has 0 aliphatic carbocycles. The predicted molar refractivity (Wildman–Crippen MR) is 97.7 cm³/mol. The Hall–Kier alpha value is -1.76. The highest BCUT2D eigenvalue weighted by atomic mass is 32.1. The quantitative estimate of drug-likeness (QED) is 0.914. The summed E-state index contributed by atoms with van der Waals surface area (Å²) in [7, 11) is 0. The fourth-order valence-electron chi connectivity index (χ4n) is 3.92. The molecule has 25 heavy (non-hydrogen) atoms. The summed E-state index contributed by atoms with van der Waals surface area (Å²) in [6.45, 7) is 5.32. The Labute approximate surface area is 151 Å². The second-order valence-electron chi connectivity index (χ2n) is 7.20. The fourth-order valence-corrected chi connectivity index (χ4v) is 4.68. The number of carbonyl (C=O) groups is 1. The maximum atomic E-state index is 12.6. The molecule has 1 fully saturated rings. The van der Waals surface area contributed by atoms with Crippen LogP contribution in [0.3, 0.4) is 0 Å². The van der Waals surface area contributed by atoms with Gasteiger partial charge < -0.3 is 10.0 Å². The average Bonchev–Trinajstić information content (AvgIpc) is 3.20. The lowest BCUT2D eigenvalue weighted by Gasteiger charge is -2.34.